The van der Waals surface area contributed by atoms with Crippen LogP contribution in [-0.4, -0.2) is 77.9 Å². The minimum atomic E-state index is 0.443. The van der Waals surface area contributed by atoms with Crippen molar-refractivity contribution >= 4 is 11.7 Å². The van der Waals surface area contributed by atoms with Crippen molar-refractivity contribution in [2.45, 2.75) is 6.92 Å². The lowest BCUT2D eigenvalue weighted by molar-refractivity contribution is 0.311. The predicted octanol–water partition coefficient (Wildman–Crippen LogP) is 1.10. The highest BCUT2D eigenvalue weighted by molar-refractivity contribution is 5.60. The average Bonchev–Trinajstić information content (AvgIpc) is 3.21. The largest absolute Gasteiger partial charge is 0.338 e. The van der Waals surface area contributed by atoms with Gasteiger partial charge in [0.05, 0.1) is 11.4 Å². The Labute approximate surface area is 167 Å². The fourth-order valence-corrected chi connectivity index (χ4v) is 3.35. The van der Waals surface area contributed by atoms with Crippen molar-refractivity contribution < 1.29 is 0 Å². The Kier molecular flexibility index (Phi) is 4.32. The van der Waals surface area contributed by atoms with Crippen LogP contribution in [0.25, 0.3) is 28.6 Å². The molecule has 1 fully saturated rings. The van der Waals surface area contributed by atoms with Gasteiger partial charge in [0, 0.05) is 50.3 Å². The molecule has 0 N–H and O–H groups in total. The quantitative estimate of drug-likeness (QED) is 0.510. The zero-order chi connectivity index (χ0) is 19.8. The third kappa shape index (κ3) is 3.27. The van der Waals surface area contributed by atoms with Gasteiger partial charge in [-0.15, -0.1) is 15.3 Å². The zero-order valence-electron chi connectivity index (χ0n) is 16.3. The van der Waals surface area contributed by atoms with Crippen molar-refractivity contribution in [2.24, 2.45) is 0 Å². The highest BCUT2D eigenvalue weighted by Crippen LogP contribution is 2.22. The second-order valence-corrected chi connectivity index (χ2v) is 7.06. The molecule has 0 radical (unpaired) electrons. The highest BCUT2D eigenvalue weighted by atomic mass is 15.4. The Hall–Kier alpha value is -3.53. The molecule has 0 aromatic carbocycles. The van der Waals surface area contributed by atoms with Gasteiger partial charge >= 0.3 is 0 Å². The van der Waals surface area contributed by atoms with E-state index >= 15 is 0 Å². The number of piperazine rings is 1. The summed E-state index contributed by atoms with van der Waals surface area (Å²) < 4.78 is 1.70. The molecule has 1 aliphatic rings. The van der Waals surface area contributed by atoms with E-state index in [2.05, 4.69) is 47.1 Å². The second kappa shape index (κ2) is 7.13. The van der Waals surface area contributed by atoms with E-state index in [1.54, 1.807) is 23.1 Å². The SMILES string of the molecule is Cc1c(-c2ccnc(N3CCN(C)CC3)n2)nnc2nc(-c3cccnc3)nn12. The third-order valence-electron chi connectivity index (χ3n) is 5.08. The van der Waals surface area contributed by atoms with E-state index in [9.17, 15) is 0 Å². The summed E-state index contributed by atoms with van der Waals surface area (Å²) in [6.07, 6.45) is 5.21. The molecule has 10 nitrogen and oxygen atoms in total. The first-order chi connectivity index (χ1) is 14.2. The van der Waals surface area contributed by atoms with Gasteiger partial charge in [0.2, 0.25) is 5.95 Å². The molecular weight excluding hydrogens is 368 g/mol. The predicted molar refractivity (Wildman–Crippen MR) is 107 cm³/mol. The average molecular weight is 388 g/mol. The first kappa shape index (κ1) is 17.6. The van der Waals surface area contributed by atoms with Gasteiger partial charge in [0.15, 0.2) is 5.82 Å². The molecule has 5 rings (SSSR count). The molecule has 1 saturated heterocycles. The van der Waals surface area contributed by atoms with Crippen LogP contribution >= 0.6 is 0 Å². The van der Waals surface area contributed by atoms with Gasteiger partial charge < -0.3 is 9.80 Å². The molecule has 0 aliphatic carbocycles. The summed E-state index contributed by atoms with van der Waals surface area (Å²) in [4.78, 5) is 22.3. The lowest BCUT2D eigenvalue weighted by Gasteiger charge is -2.32. The Morgan fingerprint density at radius 3 is 2.62 bits per heavy atom. The van der Waals surface area contributed by atoms with E-state index in [-0.39, 0.29) is 0 Å². The number of anilines is 1. The van der Waals surface area contributed by atoms with E-state index in [1.807, 2.05) is 25.1 Å². The number of likely N-dealkylation sites (N-methyl/N-ethyl adjacent to an activating group) is 1. The molecule has 0 bridgehead atoms. The molecule has 146 valence electrons. The van der Waals surface area contributed by atoms with E-state index in [0.29, 0.717) is 23.2 Å². The molecule has 0 amide bonds. The Balaban J connectivity index is 1.52. The number of nitrogens with zero attached hydrogens (tertiary/aromatic N) is 10. The zero-order valence-corrected chi connectivity index (χ0v) is 16.3. The summed E-state index contributed by atoms with van der Waals surface area (Å²) in [5.74, 6) is 1.72. The number of aryl methyl sites for hydroxylation is 1. The van der Waals surface area contributed by atoms with Crippen LogP contribution in [0.1, 0.15) is 5.69 Å². The van der Waals surface area contributed by atoms with Crippen LogP contribution < -0.4 is 4.90 Å². The van der Waals surface area contributed by atoms with Crippen molar-refractivity contribution in [1.82, 2.24) is 44.6 Å². The second-order valence-electron chi connectivity index (χ2n) is 7.06. The van der Waals surface area contributed by atoms with E-state index in [1.165, 1.54) is 0 Å². The van der Waals surface area contributed by atoms with E-state index in [4.69, 9.17) is 4.98 Å². The maximum atomic E-state index is 4.75. The monoisotopic (exact) mass is 388 g/mol. The lowest BCUT2D eigenvalue weighted by Crippen LogP contribution is -2.45. The van der Waals surface area contributed by atoms with Gasteiger partial charge in [0.25, 0.3) is 5.78 Å². The molecule has 5 heterocycles. The van der Waals surface area contributed by atoms with Crippen LogP contribution in [0, 0.1) is 6.92 Å². The van der Waals surface area contributed by atoms with Crippen LogP contribution in [0.3, 0.4) is 0 Å². The standard InChI is InChI=1S/C19H20N10/c1-13-16(15-5-7-21-18(22-15)28-10-8-27(2)9-11-28)24-25-19-23-17(26-29(13)19)14-4-3-6-20-12-14/h3-7,12H,8-11H2,1-2H3. The normalized spacial score (nSPS) is 15.2. The van der Waals surface area contributed by atoms with Crippen molar-refractivity contribution in [3.63, 3.8) is 0 Å². The van der Waals surface area contributed by atoms with Crippen molar-refractivity contribution in [1.29, 1.82) is 0 Å². The summed E-state index contributed by atoms with van der Waals surface area (Å²) in [5.41, 5.74) is 3.04. The number of rotatable bonds is 3. The van der Waals surface area contributed by atoms with Crippen LogP contribution in [0.15, 0.2) is 36.8 Å². The molecule has 0 atom stereocenters. The fraction of sp³-hybridized carbons (Fsp3) is 0.316. The smallest absolute Gasteiger partial charge is 0.272 e. The van der Waals surface area contributed by atoms with Gasteiger partial charge in [-0.25, -0.2) is 9.97 Å². The molecule has 0 unspecified atom stereocenters. The molecule has 29 heavy (non-hydrogen) atoms. The Bertz CT molecular complexity index is 1150. The summed E-state index contributed by atoms with van der Waals surface area (Å²) in [6, 6.07) is 5.62. The number of hydrogen-bond acceptors (Lipinski definition) is 9. The van der Waals surface area contributed by atoms with Crippen LogP contribution in [0.2, 0.25) is 0 Å². The highest BCUT2D eigenvalue weighted by Gasteiger charge is 2.19. The van der Waals surface area contributed by atoms with Crippen LogP contribution in [0.5, 0.6) is 0 Å². The van der Waals surface area contributed by atoms with Crippen LogP contribution in [-0.2, 0) is 0 Å². The van der Waals surface area contributed by atoms with E-state index < -0.39 is 0 Å². The Morgan fingerprint density at radius 2 is 1.83 bits per heavy atom. The maximum Gasteiger partial charge on any atom is 0.272 e. The minimum Gasteiger partial charge on any atom is -0.338 e. The molecule has 1 aliphatic heterocycles. The molecule has 0 saturated carbocycles. The number of hydrogen-bond donors (Lipinski definition) is 0. The van der Waals surface area contributed by atoms with Crippen molar-refractivity contribution in [3.8, 4) is 22.8 Å². The molecular formula is C19H20N10. The first-order valence-electron chi connectivity index (χ1n) is 9.46. The topological polar surface area (TPSA) is 101 Å². The summed E-state index contributed by atoms with van der Waals surface area (Å²) >= 11 is 0. The van der Waals surface area contributed by atoms with Gasteiger partial charge in [-0.1, -0.05) is 0 Å². The fourth-order valence-electron chi connectivity index (χ4n) is 3.35. The molecule has 0 spiro atoms. The van der Waals surface area contributed by atoms with Gasteiger partial charge in [0.1, 0.15) is 5.69 Å². The molecule has 10 heteroatoms. The van der Waals surface area contributed by atoms with Gasteiger partial charge in [-0.2, -0.15) is 9.50 Å². The Morgan fingerprint density at radius 1 is 0.966 bits per heavy atom. The lowest BCUT2D eigenvalue weighted by atomic mass is 10.2. The maximum absolute atomic E-state index is 4.75. The number of pyridine rings is 1. The van der Waals surface area contributed by atoms with E-state index in [0.717, 1.165) is 43.1 Å². The molecule has 4 aromatic rings. The van der Waals surface area contributed by atoms with Gasteiger partial charge in [-0.05, 0) is 32.2 Å². The van der Waals surface area contributed by atoms with Crippen LogP contribution in [0.4, 0.5) is 5.95 Å². The minimum absolute atomic E-state index is 0.443. The number of aromatic nitrogens is 8. The summed E-state index contributed by atoms with van der Waals surface area (Å²) in [5, 5.41) is 13.2. The number of fused-ring (bicyclic) bond motifs is 1. The molecule has 4 aromatic heterocycles. The van der Waals surface area contributed by atoms with Gasteiger partial charge in [-0.3, -0.25) is 4.98 Å². The van der Waals surface area contributed by atoms with Crippen molar-refractivity contribution in [3.05, 3.63) is 42.5 Å². The first-order valence-corrected chi connectivity index (χ1v) is 9.46. The summed E-state index contributed by atoms with van der Waals surface area (Å²) in [7, 11) is 2.13. The van der Waals surface area contributed by atoms with Crippen molar-refractivity contribution in [2.75, 3.05) is 38.1 Å². The third-order valence-corrected chi connectivity index (χ3v) is 5.08. The summed E-state index contributed by atoms with van der Waals surface area (Å²) in [6.45, 7) is 5.74.